The van der Waals surface area contributed by atoms with Crippen molar-refractivity contribution >= 4 is 29.1 Å². The van der Waals surface area contributed by atoms with E-state index in [1.807, 2.05) is 63.2 Å². The number of likely N-dealkylation sites (N-methyl/N-ethyl adjacent to an activating group) is 1. The highest BCUT2D eigenvalue weighted by Gasteiger charge is 2.75. The number of anilines is 2. The van der Waals surface area contributed by atoms with Crippen molar-refractivity contribution in [3.05, 3.63) is 59.2 Å². The molecular formula is C26H27N3O3. The second kappa shape index (κ2) is 6.51. The standard InChI is InChI=1S/C26H27N3O3/c1-4-27-19-9-6-5-8-18(19)26(25(27)32)22-21(20-10-7-11-28(20)26)23(30)29(24(22)31)17-13-15(2)12-16(3)14-17/h5-6,8-9,12-14,20-22H,4,7,10-11H2,1-3H3/t20-,21+,22-,26-/m0/s1. The molecule has 0 radical (unpaired) electrons. The Hall–Kier alpha value is -2.99. The first kappa shape index (κ1) is 19.7. The highest BCUT2D eigenvalue weighted by molar-refractivity contribution is 6.26. The molecule has 3 amide bonds. The lowest BCUT2D eigenvalue weighted by Crippen LogP contribution is -2.56. The van der Waals surface area contributed by atoms with Gasteiger partial charge >= 0.3 is 0 Å². The fourth-order valence-corrected chi connectivity index (χ4v) is 6.99. The summed E-state index contributed by atoms with van der Waals surface area (Å²) in [7, 11) is 0. The molecule has 0 N–H and O–H groups in total. The minimum atomic E-state index is -1.08. The van der Waals surface area contributed by atoms with Crippen LogP contribution in [0.15, 0.2) is 42.5 Å². The topological polar surface area (TPSA) is 60.9 Å². The number of rotatable bonds is 2. The Bertz CT molecular complexity index is 1170. The van der Waals surface area contributed by atoms with Crippen molar-refractivity contribution in [2.45, 2.75) is 45.2 Å². The van der Waals surface area contributed by atoms with Crippen LogP contribution in [0.25, 0.3) is 0 Å². The lowest BCUT2D eigenvalue weighted by molar-refractivity contribution is -0.137. The number of benzene rings is 2. The molecule has 0 bridgehead atoms. The van der Waals surface area contributed by atoms with Gasteiger partial charge in [-0.2, -0.15) is 0 Å². The summed E-state index contributed by atoms with van der Waals surface area (Å²) >= 11 is 0. The molecule has 0 unspecified atom stereocenters. The van der Waals surface area contributed by atoms with Crippen LogP contribution in [0.1, 0.15) is 36.5 Å². The Morgan fingerprint density at radius 3 is 2.44 bits per heavy atom. The molecule has 3 saturated heterocycles. The molecule has 6 heteroatoms. The van der Waals surface area contributed by atoms with E-state index in [-0.39, 0.29) is 23.8 Å². The van der Waals surface area contributed by atoms with Crippen molar-refractivity contribution in [3.8, 4) is 0 Å². The Morgan fingerprint density at radius 1 is 1.00 bits per heavy atom. The highest BCUT2D eigenvalue weighted by atomic mass is 16.2. The third kappa shape index (κ3) is 2.16. The lowest BCUT2D eigenvalue weighted by atomic mass is 9.75. The molecule has 4 aliphatic rings. The summed E-state index contributed by atoms with van der Waals surface area (Å²) in [4.78, 5) is 47.4. The molecule has 32 heavy (non-hydrogen) atoms. The number of carbonyl (C=O) groups excluding carboxylic acids is 3. The van der Waals surface area contributed by atoms with E-state index in [0.717, 1.165) is 41.8 Å². The zero-order chi connectivity index (χ0) is 22.4. The predicted octanol–water partition coefficient (Wildman–Crippen LogP) is 3.15. The minimum Gasteiger partial charge on any atom is -0.310 e. The van der Waals surface area contributed by atoms with Gasteiger partial charge < -0.3 is 4.90 Å². The molecule has 1 spiro atoms. The number of hydrogen-bond acceptors (Lipinski definition) is 4. The Balaban J connectivity index is 1.57. The van der Waals surface area contributed by atoms with Crippen LogP contribution in [0.5, 0.6) is 0 Å². The molecule has 0 aliphatic carbocycles. The normalized spacial score (nSPS) is 31.1. The first-order valence-corrected chi connectivity index (χ1v) is 11.6. The molecule has 2 aromatic carbocycles. The van der Waals surface area contributed by atoms with Crippen molar-refractivity contribution in [1.29, 1.82) is 0 Å². The quantitative estimate of drug-likeness (QED) is 0.688. The van der Waals surface area contributed by atoms with E-state index in [1.54, 1.807) is 4.90 Å². The van der Waals surface area contributed by atoms with Crippen molar-refractivity contribution in [2.75, 3.05) is 22.9 Å². The Morgan fingerprint density at radius 2 is 1.72 bits per heavy atom. The fraction of sp³-hybridized carbons (Fsp3) is 0.423. The molecule has 6 nitrogen and oxygen atoms in total. The fourth-order valence-electron chi connectivity index (χ4n) is 6.99. The summed E-state index contributed by atoms with van der Waals surface area (Å²) in [5, 5.41) is 0. The van der Waals surface area contributed by atoms with Crippen LogP contribution in [0.4, 0.5) is 11.4 Å². The van der Waals surface area contributed by atoms with Gasteiger partial charge in [-0.05, 0) is 69.5 Å². The second-order valence-corrected chi connectivity index (χ2v) is 9.60. The first-order chi connectivity index (χ1) is 15.4. The van der Waals surface area contributed by atoms with Crippen LogP contribution < -0.4 is 9.80 Å². The number of para-hydroxylation sites is 1. The van der Waals surface area contributed by atoms with Gasteiger partial charge in [0.15, 0.2) is 0 Å². The summed E-state index contributed by atoms with van der Waals surface area (Å²) in [6.45, 7) is 7.18. The number of fused-ring (bicyclic) bond motifs is 7. The summed E-state index contributed by atoms with van der Waals surface area (Å²) in [5.74, 6) is -1.62. The van der Waals surface area contributed by atoms with E-state index in [1.165, 1.54) is 4.90 Å². The number of imide groups is 1. The number of nitrogens with zero attached hydrogens (tertiary/aromatic N) is 3. The van der Waals surface area contributed by atoms with Gasteiger partial charge in [0.05, 0.1) is 17.5 Å². The molecular weight excluding hydrogens is 402 g/mol. The van der Waals surface area contributed by atoms with Gasteiger partial charge in [-0.25, -0.2) is 4.90 Å². The number of carbonyl (C=O) groups is 3. The molecule has 3 fully saturated rings. The summed E-state index contributed by atoms with van der Waals surface area (Å²) < 4.78 is 0. The highest BCUT2D eigenvalue weighted by Crippen LogP contribution is 2.61. The maximum absolute atomic E-state index is 14.1. The maximum atomic E-state index is 14.1. The van der Waals surface area contributed by atoms with E-state index in [4.69, 9.17) is 0 Å². The first-order valence-electron chi connectivity index (χ1n) is 11.6. The van der Waals surface area contributed by atoms with Crippen molar-refractivity contribution in [3.63, 3.8) is 0 Å². The molecule has 0 aromatic heterocycles. The van der Waals surface area contributed by atoms with Gasteiger partial charge in [0.1, 0.15) is 5.54 Å². The van der Waals surface area contributed by atoms with E-state index >= 15 is 0 Å². The van der Waals surface area contributed by atoms with Crippen molar-refractivity contribution in [1.82, 2.24) is 4.90 Å². The van der Waals surface area contributed by atoms with E-state index in [9.17, 15) is 14.4 Å². The Kier molecular flexibility index (Phi) is 4.01. The largest absolute Gasteiger partial charge is 0.310 e. The van der Waals surface area contributed by atoms with Crippen molar-refractivity contribution in [2.24, 2.45) is 11.8 Å². The smallest absolute Gasteiger partial charge is 0.253 e. The van der Waals surface area contributed by atoms with Crippen LogP contribution in [0.3, 0.4) is 0 Å². The number of hydrogen-bond donors (Lipinski definition) is 0. The third-order valence-corrected chi connectivity index (χ3v) is 7.93. The molecule has 4 heterocycles. The number of amides is 3. The van der Waals surface area contributed by atoms with E-state index in [0.29, 0.717) is 12.2 Å². The van der Waals surface area contributed by atoms with Gasteiger partial charge in [0, 0.05) is 23.8 Å². The lowest BCUT2D eigenvalue weighted by Gasteiger charge is -2.37. The molecule has 164 valence electrons. The van der Waals surface area contributed by atoms with Gasteiger partial charge in [0.25, 0.3) is 5.91 Å². The predicted molar refractivity (Wildman–Crippen MR) is 121 cm³/mol. The summed E-state index contributed by atoms with van der Waals surface area (Å²) in [6.07, 6.45) is 1.77. The van der Waals surface area contributed by atoms with Crippen LogP contribution in [0.2, 0.25) is 0 Å². The average molecular weight is 430 g/mol. The van der Waals surface area contributed by atoms with Gasteiger partial charge in [-0.1, -0.05) is 24.3 Å². The monoisotopic (exact) mass is 429 g/mol. The second-order valence-electron chi connectivity index (χ2n) is 9.60. The van der Waals surface area contributed by atoms with Crippen LogP contribution in [0, 0.1) is 25.7 Å². The number of aryl methyl sites for hydroxylation is 2. The molecule has 6 rings (SSSR count). The maximum Gasteiger partial charge on any atom is 0.253 e. The van der Waals surface area contributed by atoms with E-state index in [2.05, 4.69) is 4.90 Å². The SMILES string of the molecule is CCN1C(=O)[C@]2(c3ccccc31)[C@@H]1C(=O)N(c3cc(C)cc(C)c3)C(=O)[C@@H]1[C@@H]1CCCN12. The Labute approximate surface area is 187 Å². The van der Waals surface area contributed by atoms with E-state index < -0.39 is 17.4 Å². The molecule has 4 atom stereocenters. The zero-order valence-corrected chi connectivity index (χ0v) is 18.7. The summed E-state index contributed by atoms with van der Waals surface area (Å²) in [6, 6.07) is 13.6. The van der Waals surface area contributed by atoms with Gasteiger partial charge in [-0.15, -0.1) is 0 Å². The molecule has 2 aromatic rings. The molecule has 4 aliphatic heterocycles. The van der Waals surface area contributed by atoms with Crippen molar-refractivity contribution < 1.29 is 14.4 Å². The minimum absolute atomic E-state index is 0.0518. The van der Waals surface area contributed by atoms with Crippen LogP contribution in [-0.2, 0) is 19.9 Å². The van der Waals surface area contributed by atoms with Crippen LogP contribution in [-0.4, -0.2) is 41.8 Å². The van der Waals surface area contributed by atoms with Crippen LogP contribution >= 0.6 is 0 Å². The van der Waals surface area contributed by atoms with Gasteiger partial charge in [-0.3, -0.25) is 19.3 Å². The summed E-state index contributed by atoms with van der Waals surface area (Å²) in [5.41, 5.74) is 3.31. The zero-order valence-electron chi connectivity index (χ0n) is 18.7. The average Bonchev–Trinajstić information content (AvgIpc) is 3.45. The van der Waals surface area contributed by atoms with Gasteiger partial charge in [0.2, 0.25) is 11.8 Å². The third-order valence-electron chi connectivity index (χ3n) is 7.93. The molecule has 0 saturated carbocycles.